The Morgan fingerprint density at radius 1 is 1.19 bits per heavy atom. The van der Waals surface area contributed by atoms with Crippen molar-refractivity contribution in [3.63, 3.8) is 0 Å². The average molecular weight is 429 g/mol. The van der Waals surface area contributed by atoms with Gasteiger partial charge in [0, 0.05) is 6.54 Å². The van der Waals surface area contributed by atoms with E-state index >= 15 is 0 Å². The fraction of sp³-hybridized carbons (Fsp3) is 0.318. The highest BCUT2D eigenvalue weighted by atomic mass is 19.2. The Kier molecular flexibility index (Phi) is 5.83. The van der Waals surface area contributed by atoms with Crippen LogP contribution in [0.3, 0.4) is 0 Å². The molecule has 1 N–H and O–H groups in total. The van der Waals surface area contributed by atoms with Crippen LogP contribution in [0.15, 0.2) is 40.8 Å². The molecule has 3 aromatic rings. The lowest BCUT2D eigenvalue weighted by atomic mass is 10.1. The molecule has 1 saturated heterocycles. The summed E-state index contributed by atoms with van der Waals surface area (Å²) in [7, 11) is 0. The van der Waals surface area contributed by atoms with Crippen LogP contribution in [-0.2, 0) is 9.53 Å². The van der Waals surface area contributed by atoms with E-state index in [-0.39, 0.29) is 25.2 Å². The van der Waals surface area contributed by atoms with Gasteiger partial charge in [0.2, 0.25) is 5.89 Å². The van der Waals surface area contributed by atoms with Gasteiger partial charge in [0.25, 0.3) is 0 Å². The van der Waals surface area contributed by atoms with Crippen molar-refractivity contribution >= 4 is 23.1 Å². The minimum Gasteiger partial charge on any atom is -0.465 e. The Labute approximate surface area is 177 Å². The fourth-order valence-electron chi connectivity index (χ4n) is 3.67. The number of esters is 1. The van der Waals surface area contributed by atoms with Crippen LogP contribution in [-0.4, -0.2) is 41.6 Å². The summed E-state index contributed by atoms with van der Waals surface area (Å²) in [5.41, 5.74) is 2.27. The second kappa shape index (κ2) is 8.71. The minimum atomic E-state index is -0.922. The van der Waals surface area contributed by atoms with Gasteiger partial charge in [0.1, 0.15) is 18.1 Å². The SMILES string of the molecule is CCOC(=O)CNC(=O)N1CCC[C@@H]1c1nc2cc(-c3ccc(F)c(F)c3)ccc2o1. The lowest BCUT2D eigenvalue weighted by Gasteiger charge is -2.22. The molecule has 7 nitrogen and oxygen atoms in total. The van der Waals surface area contributed by atoms with E-state index in [1.165, 1.54) is 6.07 Å². The van der Waals surface area contributed by atoms with E-state index in [2.05, 4.69) is 10.3 Å². The molecule has 2 aromatic carbocycles. The summed E-state index contributed by atoms with van der Waals surface area (Å²) in [6.45, 7) is 2.25. The number of amides is 2. The molecule has 1 aliphatic rings. The van der Waals surface area contributed by atoms with Crippen molar-refractivity contribution in [1.29, 1.82) is 0 Å². The third-order valence-corrected chi connectivity index (χ3v) is 5.15. The molecule has 1 aliphatic heterocycles. The standard InChI is InChI=1S/C22H21F2N3O4/c1-2-30-20(28)12-25-22(29)27-9-3-4-18(27)21-26-17-11-14(6-8-19(17)31-21)13-5-7-15(23)16(24)10-13/h5-8,10-11,18H,2-4,9,12H2,1H3,(H,25,29)/t18-/m1/s1. The number of likely N-dealkylation sites (tertiary alicyclic amines) is 1. The van der Waals surface area contributed by atoms with Crippen LogP contribution < -0.4 is 5.32 Å². The van der Waals surface area contributed by atoms with Crippen molar-refractivity contribution in [2.45, 2.75) is 25.8 Å². The van der Waals surface area contributed by atoms with E-state index < -0.39 is 17.6 Å². The Morgan fingerprint density at radius 2 is 1.97 bits per heavy atom. The number of urea groups is 1. The van der Waals surface area contributed by atoms with Crippen LogP contribution in [0.4, 0.5) is 13.6 Å². The molecule has 1 fully saturated rings. The molecular formula is C22H21F2N3O4. The monoisotopic (exact) mass is 429 g/mol. The second-order valence-electron chi connectivity index (χ2n) is 7.18. The van der Waals surface area contributed by atoms with E-state index in [4.69, 9.17) is 9.15 Å². The van der Waals surface area contributed by atoms with Crippen LogP contribution in [0.2, 0.25) is 0 Å². The molecule has 2 heterocycles. The lowest BCUT2D eigenvalue weighted by molar-refractivity contribution is -0.141. The third kappa shape index (κ3) is 4.35. The maximum atomic E-state index is 13.6. The largest absolute Gasteiger partial charge is 0.465 e. The number of aromatic nitrogens is 1. The van der Waals surface area contributed by atoms with Gasteiger partial charge in [-0.15, -0.1) is 0 Å². The highest BCUT2D eigenvalue weighted by molar-refractivity contribution is 5.82. The van der Waals surface area contributed by atoms with E-state index in [9.17, 15) is 18.4 Å². The summed E-state index contributed by atoms with van der Waals surface area (Å²) in [5.74, 6) is -1.94. The molecule has 1 aromatic heterocycles. The van der Waals surface area contributed by atoms with Crippen LogP contribution >= 0.6 is 0 Å². The van der Waals surface area contributed by atoms with Crippen LogP contribution in [0.5, 0.6) is 0 Å². The summed E-state index contributed by atoms with van der Waals surface area (Å²) < 4.78 is 37.5. The molecular weight excluding hydrogens is 408 g/mol. The zero-order chi connectivity index (χ0) is 22.0. The third-order valence-electron chi connectivity index (χ3n) is 5.15. The summed E-state index contributed by atoms with van der Waals surface area (Å²) in [6, 6.07) is 8.13. The van der Waals surface area contributed by atoms with Gasteiger partial charge in [-0.25, -0.2) is 18.6 Å². The Balaban J connectivity index is 1.54. The predicted octanol–water partition coefficient (Wildman–Crippen LogP) is 4.18. The number of hydrogen-bond acceptors (Lipinski definition) is 5. The van der Waals surface area contributed by atoms with E-state index in [1.807, 2.05) is 0 Å². The Morgan fingerprint density at radius 3 is 2.74 bits per heavy atom. The van der Waals surface area contributed by atoms with Gasteiger partial charge < -0.3 is 19.4 Å². The second-order valence-corrected chi connectivity index (χ2v) is 7.18. The van der Waals surface area contributed by atoms with Gasteiger partial charge in [0.15, 0.2) is 17.2 Å². The molecule has 0 aliphatic carbocycles. The maximum absolute atomic E-state index is 13.6. The van der Waals surface area contributed by atoms with E-state index in [0.29, 0.717) is 41.1 Å². The Bertz CT molecular complexity index is 1130. The van der Waals surface area contributed by atoms with Gasteiger partial charge in [0.05, 0.1) is 6.61 Å². The van der Waals surface area contributed by atoms with E-state index in [0.717, 1.165) is 18.6 Å². The van der Waals surface area contributed by atoms with Crippen LogP contribution in [0, 0.1) is 11.6 Å². The number of oxazole rings is 1. The van der Waals surface area contributed by atoms with E-state index in [1.54, 1.807) is 30.0 Å². The number of ether oxygens (including phenoxy) is 1. The molecule has 0 unspecified atom stereocenters. The number of nitrogens with one attached hydrogen (secondary N) is 1. The van der Waals surface area contributed by atoms with Gasteiger partial charge in [-0.05, 0) is 55.2 Å². The van der Waals surface area contributed by atoms with Gasteiger partial charge >= 0.3 is 12.0 Å². The molecule has 0 radical (unpaired) electrons. The number of halogens is 2. The van der Waals surface area contributed by atoms with Gasteiger partial charge in [-0.2, -0.15) is 0 Å². The molecule has 2 amide bonds. The predicted molar refractivity (Wildman–Crippen MR) is 108 cm³/mol. The highest BCUT2D eigenvalue weighted by Crippen LogP contribution is 2.34. The van der Waals surface area contributed by atoms with Gasteiger partial charge in [-0.3, -0.25) is 4.79 Å². The number of carbonyl (C=O) groups excluding carboxylic acids is 2. The van der Waals surface area contributed by atoms with Crippen molar-refractivity contribution in [1.82, 2.24) is 15.2 Å². The summed E-state index contributed by atoms with van der Waals surface area (Å²) in [6.07, 6.45) is 1.45. The molecule has 31 heavy (non-hydrogen) atoms. The number of fused-ring (bicyclic) bond motifs is 1. The number of rotatable bonds is 5. The number of nitrogens with zero attached hydrogens (tertiary/aromatic N) is 2. The van der Waals surface area contributed by atoms with Crippen LogP contribution in [0.1, 0.15) is 31.7 Å². The number of hydrogen-bond donors (Lipinski definition) is 1. The summed E-state index contributed by atoms with van der Waals surface area (Å²) in [5, 5.41) is 2.56. The first-order valence-electron chi connectivity index (χ1n) is 10.0. The van der Waals surface area contributed by atoms with Gasteiger partial charge in [-0.1, -0.05) is 12.1 Å². The zero-order valence-corrected chi connectivity index (χ0v) is 16.9. The molecule has 1 atom stereocenters. The summed E-state index contributed by atoms with van der Waals surface area (Å²) >= 11 is 0. The zero-order valence-electron chi connectivity index (χ0n) is 16.9. The quantitative estimate of drug-likeness (QED) is 0.615. The average Bonchev–Trinajstić information content (AvgIpc) is 3.40. The number of carbonyl (C=O) groups is 2. The van der Waals surface area contributed by atoms with Crippen LogP contribution in [0.25, 0.3) is 22.2 Å². The lowest BCUT2D eigenvalue weighted by Crippen LogP contribution is -2.42. The van der Waals surface area contributed by atoms with Crippen molar-refractivity contribution in [3.8, 4) is 11.1 Å². The normalized spacial score (nSPS) is 16.0. The molecule has 0 bridgehead atoms. The topological polar surface area (TPSA) is 84.7 Å². The molecule has 9 heteroatoms. The van der Waals surface area contributed by atoms with Crippen molar-refractivity contribution < 1.29 is 27.5 Å². The van der Waals surface area contributed by atoms with Crippen molar-refractivity contribution in [2.24, 2.45) is 0 Å². The number of benzene rings is 2. The summed E-state index contributed by atoms with van der Waals surface area (Å²) in [4.78, 5) is 30.1. The first-order valence-corrected chi connectivity index (χ1v) is 10.0. The Hall–Kier alpha value is -3.49. The molecule has 0 saturated carbocycles. The minimum absolute atomic E-state index is 0.207. The van der Waals surface area contributed by atoms with Crippen molar-refractivity contribution in [3.05, 3.63) is 53.9 Å². The molecule has 0 spiro atoms. The first kappa shape index (κ1) is 20.8. The first-order chi connectivity index (χ1) is 15.0. The molecule has 4 rings (SSSR count). The highest BCUT2D eigenvalue weighted by Gasteiger charge is 2.33. The smallest absolute Gasteiger partial charge is 0.325 e. The van der Waals surface area contributed by atoms with Crippen molar-refractivity contribution in [2.75, 3.05) is 19.7 Å². The molecule has 162 valence electrons. The fourth-order valence-corrected chi connectivity index (χ4v) is 3.67. The maximum Gasteiger partial charge on any atom is 0.325 e.